The molecule has 4 heteroatoms. The van der Waals surface area contributed by atoms with Crippen LogP contribution < -0.4 is 5.32 Å². The molecule has 0 aliphatic rings. The number of rotatable bonds is 4. The Bertz CT molecular complexity index is 317. The van der Waals surface area contributed by atoms with Gasteiger partial charge in [-0.1, -0.05) is 34.1 Å². The van der Waals surface area contributed by atoms with E-state index in [2.05, 4.69) is 33.9 Å². The van der Waals surface area contributed by atoms with Crippen molar-refractivity contribution in [2.24, 2.45) is 0 Å². The lowest BCUT2D eigenvalue weighted by molar-refractivity contribution is -0.120. The van der Waals surface area contributed by atoms with E-state index in [4.69, 9.17) is 0 Å². The minimum atomic E-state index is 0.0377. The summed E-state index contributed by atoms with van der Waals surface area (Å²) in [5, 5.41) is 2.82. The van der Waals surface area contributed by atoms with Crippen molar-refractivity contribution in [1.29, 1.82) is 0 Å². The van der Waals surface area contributed by atoms with Gasteiger partial charge in [-0.3, -0.25) is 4.79 Å². The van der Waals surface area contributed by atoms with E-state index in [-0.39, 0.29) is 5.91 Å². The molecule has 0 spiro atoms. The van der Waals surface area contributed by atoms with Crippen molar-refractivity contribution in [3.05, 3.63) is 34.3 Å². The molecule has 1 aromatic rings. The van der Waals surface area contributed by atoms with Crippen molar-refractivity contribution < 1.29 is 4.79 Å². The molecular weight excluding hydrogens is 262 g/mol. The summed E-state index contributed by atoms with van der Waals surface area (Å²) in [4.78, 5) is 11.2. The van der Waals surface area contributed by atoms with Gasteiger partial charge in [-0.05, 0) is 17.4 Å². The van der Waals surface area contributed by atoms with Gasteiger partial charge in [0.2, 0.25) is 5.91 Å². The summed E-state index contributed by atoms with van der Waals surface area (Å²) in [5.41, 5.74) is 1.08. The highest BCUT2D eigenvalue weighted by Crippen LogP contribution is 2.15. The lowest BCUT2D eigenvalue weighted by Crippen LogP contribution is -2.22. The van der Waals surface area contributed by atoms with E-state index in [0.29, 0.717) is 18.7 Å². The van der Waals surface area contributed by atoms with E-state index >= 15 is 0 Å². The molecule has 1 amide bonds. The molecule has 14 heavy (non-hydrogen) atoms. The van der Waals surface area contributed by atoms with Gasteiger partial charge in [0.1, 0.15) is 0 Å². The summed E-state index contributed by atoms with van der Waals surface area (Å²) in [5.74, 6) is 0.623. The van der Waals surface area contributed by atoms with Crippen molar-refractivity contribution in [2.45, 2.75) is 13.0 Å². The molecular formula is C10H12BrNOS. The topological polar surface area (TPSA) is 29.1 Å². The quantitative estimate of drug-likeness (QED) is 0.811. The first-order valence-electron chi connectivity index (χ1n) is 4.35. The van der Waals surface area contributed by atoms with Crippen LogP contribution in [0.15, 0.2) is 28.7 Å². The van der Waals surface area contributed by atoms with Gasteiger partial charge in [0, 0.05) is 17.4 Å². The van der Waals surface area contributed by atoms with Gasteiger partial charge < -0.3 is 5.32 Å². The van der Waals surface area contributed by atoms with Gasteiger partial charge in [-0.25, -0.2) is 0 Å². The van der Waals surface area contributed by atoms with Gasteiger partial charge in [0.15, 0.2) is 0 Å². The maximum Gasteiger partial charge on any atom is 0.221 e. The molecule has 2 nitrogen and oxygen atoms in total. The number of hydrogen-bond donors (Lipinski definition) is 2. The van der Waals surface area contributed by atoms with Crippen molar-refractivity contribution in [3.8, 4) is 0 Å². The zero-order valence-corrected chi connectivity index (χ0v) is 10.1. The number of amides is 1. The van der Waals surface area contributed by atoms with Crippen molar-refractivity contribution in [3.63, 3.8) is 0 Å². The summed E-state index contributed by atoms with van der Waals surface area (Å²) < 4.78 is 1.02. The third kappa shape index (κ3) is 3.72. The van der Waals surface area contributed by atoms with E-state index in [1.807, 2.05) is 24.3 Å². The number of nitrogens with one attached hydrogen (secondary N) is 1. The average Bonchev–Trinajstić information content (AvgIpc) is 2.17. The maximum atomic E-state index is 11.2. The summed E-state index contributed by atoms with van der Waals surface area (Å²) in [6, 6.07) is 7.83. The molecule has 0 radical (unpaired) electrons. The normalized spacial score (nSPS) is 9.86. The minimum absolute atomic E-state index is 0.0377. The Balaban J connectivity index is 2.46. The predicted molar refractivity (Wildman–Crippen MR) is 64.5 cm³/mol. The van der Waals surface area contributed by atoms with Crippen molar-refractivity contribution >= 4 is 34.5 Å². The summed E-state index contributed by atoms with van der Waals surface area (Å²) >= 11 is 7.41. The van der Waals surface area contributed by atoms with E-state index in [9.17, 15) is 4.79 Å². The molecule has 1 rings (SSSR count). The molecule has 0 bridgehead atoms. The maximum absolute atomic E-state index is 11.2. The van der Waals surface area contributed by atoms with E-state index in [1.165, 1.54) is 0 Å². The fourth-order valence-electron chi connectivity index (χ4n) is 1.03. The Morgan fingerprint density at radius 2 is 2.14 bits per heavy atom. The van der Waals surface area contributed by atoms with E-state index in [1.54, 1.807) is 0 Å². The summed E-state index contributed by atoms with van der Waals surface area (Å²) in [6.07, 6.45) is 0.466. The second kappa shape index (κ2) is 6.09. The van der Waals surface area contributed by atoms with Crippen LogP contribution in [-0.4, -0.2) is 11.7 Å². The molecule has 0 atom stereocenters. The number of hydrogen-bond acceptors (Lipinski definition) is 2. The first kappa shape index (κ1) is 11.6. The first-order valence-corrected chi connectivity index (χ1v) is 5.77. The monoisotopic (exact) mass is 273 g/mol. The Morgan fingerprint density at radius 1 is 1.43 bits per heavy atom. The third-order valence-electron chi connectivity index (χ3n) is 1.77. The van der Waals surface area contributed by atoms with Crippen LogP contribution in [0.3, 0.4) is 0 Å². The minimum Gasteiger partial charge on any atom is -0.352 e. The predicted octanol–water partition coefficient (Wildman–Crippen LogP) is 2.39. The highest BCUT2D eigenvalue weighted by atomic mass is 79.9. The highest BCUT2D eigenvalue weighted by molar-refractivity contribution is 9.10. The van der Waals surface area contributed by atoms with Crippen LogP contribution in [0, 0.1) is 0 Å². The Hall–Kier alpha value is -0.480. The lowest BCUT2D eigenvalue weighted by atomic mass is 10.2. The van der Waals surface area contributed by atoms with Crippen LogP contribution in [0.5, 0.6) is 0 Å². The molecule has 0 fully saturated rings. The van der Waals surface area contributed by atoms with Crippen LogP contribution in [0.25, 0.3) is 0 Å². The molecule has 0 heterocycles. The Labute approximate surface area is 97.6 Å². The van der Waals surface area contributed by atoms with Crippen molar-refractivity contribution in [1.82, 2.24) is 5.32 Å². The van der Waals surface area contributed by atoms with Crippen LogP contribution in [0.2, 0.25) is 0 Å². The second-order valence-corrected chi connectivity index (χ2v) is 4.14. The molecule has 1 aromatic carbocycles. The largest absolute Gasteiger partial charge is 0.352 e. The summed E-state index contributed by atoms with van der Waals surface area (Å²) in [7, 11) is 0. The number of carbonyl (C=O) groups is 1. The van der Waals surface area contributed by atoms with E-state index < -0.39 is 0 Å². The van der Waals surface area contributed by atoms with E-state index in [0.717, 1.165) is 10.0 Å². The van der Waals surface area contributed by atoms with Crippen LogP contribution in [0.1, 0.15) is 12.0 Å². The zero-order valence-electron chi connectivity index (χ0n) is 7.66. The SMILES string of the molecule is O=C(CCS)NCc1ccccc1Br. The number of thiol groups is 1. The molecule has 0 aliphatic heterocycles. The number of benzene rings is 1. The smallest absolute Gasteiger partial charge is 0.221 e. The van der Waals surface area contributed by atoms with Gasteiger partial charge in [0.25, 0.3) is 0 Å². The molecule has 0 unspecified atom stereocenters. The van der Waals surface area contributed by atoms with Crippen LogP contribution in [-0.2, 0) is 11.3 Å². The van der Waals surface area contributed by atoms with Gasteiger partial charge in [0.05, 0.1) is 0 Å². The summed E-state index contributed by atoms with van der Waals surface area (Å²) in [6.45, 7) is 0.564. The second-order valence-electron chi connectivity index (χ2n) is 2.84. The van der Waals surface area contributed by atoms with Gasteiger partial charge >= 0.3 is 0 Å². The molecule has 1 N–H and O–H groups in total. The van der Waals surface area contributed by atoms with Crippen LogP contribution in [0.4, 0.5) is 0 Å². The number of carbonyl (C=O) groups excluding carboxylic acids is 1. The molecule has 0 saturated carbocycles. The Kier molecular flexibility index (Phi) is 5.04. The number of halogens is 1. The molecule has 0 aliphatic carbocycles. The molecule has 0 saturated heterocycles. The third-order valence-corrected chi connectivity index (χ3v) is 2.77. The fraction of sp³-hybridized carbons (Fsp3) is 0.300. The van der Waals surface area contributed by atoms with Gasteiger partial charge in [-0.15, -0.1) is 0 Å². The van der Waals surface area contributed by atoms with Gasteiger partial charge in [-0.2, -0.15) is 12.6 Å². The fourth-order valence-corrected chi connectivity index (χ4v) is 1.65. The first-order chi connectivity index (χ1) is 6.74. The molecule has 0 aromatic heterocycles. The Morgan fingerprint density at radius 3 is 2.79 bits per heavy atom. The lowest BCUT2D eigenvalue weighted by Gasteiger charge is -2.05. The van der Waals surface area contributed by atoms with Crippen molar-refractivity contribution in [2.75, 3.05) is 5.75 Å². The molecule has 76 valence electrons. The highest BCUT2D eigenvalue weighted by Gasteiger charge is 2.01. The standard InChI is InChI=1S/C10H12BrNOS/c11-9-4-2-1-3-8(9)7-12-10(13)5-6-14/h1-4,14H,5-7H2,(H,12,13). The average molecular weight is 274 g/mol. The zero-order chi connectivity index (χ0) is 10.4. The van der Waals surface area contributed by atoms with Crippen LogP contribution >= 0.6 is 28.6 Å².